The number of phenolic OH excluding ortho intramolecular Hbond substituents is 1. The van der Waals surface area contributed by atoms with Crippen molar-refractivity contribution in [3.63, 3.8) is 0 Å². The molecule has 0 radical (unpaired) electrons. The third kappa shape index (κ3) is 7.24. The topological polar surface area (TPSA) is 61.7 Å². The minimum absolute atomic E-state index is 0.0621. The number of rotatable bonds is 8. The summed E-state index contributed by atoms with van der Waals surface area (Å²) in [5.74, 6) is 0.124. The summed E-state index contributed by atoms with van der Waals surface area (Å²) in [6.07, 6.45) is 7.68. The second-order valence-electron chi connectivity index (χ2n) is 4.55. The van der Waals surface area contributed by atoms with Crippen LogP contribution in [0.4, 0.5) is 0 Å². The molecule has 1 aromatic carbocycles. The third-order valence-electron chi connectivity index (χ3n) is 2.78. The molecule has 2 N–H and O–H groups in total. The van der Waals surface area contributed by atoms with Crippen molar-refractivity contribution in [3.8, 4) is 5.75 Å². The molecule has 0 aliphatic rings. The van der Waals surface area contributed by atoms with Gasteiger partial charge < -0.3 is 5.11 Å². The lowest BCUT2D eigenvalue weighted by Crippen LogP contribution is -2.16. The lowest BCUT2D eigenvalue weighted by Gasteiger charge is -2.00. The minimum atomic E-state index is -0.0621. The van der Waals surface area contributed by atoms with E-state index in [0.29, 0.717) is 6.42 Å². The fourth-order valence-corrected chi connectivity index (χ4v) is 1.73. The molecule has 0 bridgehead atoms. The highest BCUT2D eigenvalue weighted by Gasteiger charge is 1.98. The van der Waals surface area contributed by atoms with Crippen LogP contribution >= 0.6 is 0 Å². The van der Waals surface area contributed by atoms with Crippen LogP contribution in [0.15, 0.2) is 29.4 Å². The summed E-state index contributed by atoms with van der Waals surface area (Å²) in [5.41, 5.74) is 3.24. The van der Waals surface area contributed by atoms with Crippen molar-refractivity contribution >= 4 is 12.1 Å². The van der Waals surface area contributed by atoms with Gasteiger partial charge in [0.1, 0.15) is 5.75 Å². The lowest BCUT2D eigenvalue weighted by atomic mass is 10.1. The number of nitrogens with one attached hydrogen (secondary N) is 1. The molecule has 104 valence electrons. The van der Waals surface area contributed by atoms with Crippen LogP contribution < -0.4 is 5.43 Å². The summed E-state index contributed by atoms with van der Waals surface area (Å²) < 4.78 is 0. The highest BCUT2D eigenvalue weighted by Crippen LogP contribution is 2.08. The van der Waals surface area contributed by atoms with Crippen LogP contribution in [-0.4, -0.2) is 17.2 Å². The largest absolute Gasteiger partial charge is 0.508 e. The van der Waals surface area contributed by atoms with E-state index in [4.69, 9.17) is 0 Å². The number of phenols is 1. The van der Waals surface area contributed by atoms with Gasteiger partial charge in [-0.15, -0.1) is 0 Å². The van der Waals surface area contributed by atoms with Gasteiger partial charge in [0.2, 0.25) is 5.91 Å². The minimum Gasteiger partial charge on any atom is -0.508 e. The first kappa shape index (κ1) is 15.2. The van der Waals surface area contributed by atoms with Gasteiger partial charge in [-0.25, -0.2) is 5.43 Å². The van der Waals surface area contributed by atoms with Gasteiger partial charge in [0, 0.05) is 6.42 Å². The van der Waals surface area contributed by atoms with E-state index in [1.54, 1.807) is 24.3 Å². The molecular weight excluding hydrogens is 240 g/mol. The number of hydrogen-bond acceptors (Lipinski definition) is 3. The van der Waals surface area contributed by atoms with E-state index in [2.05, 4.69) is 17.5 Å². The van der Waals surface area contributed by atoms with Gasteiger partial charge in [-0.2, -0.15) is 5.10 Å². The number of amides is 1. The fraction of sp³-hybridized carbons (Fsp3) is 0.467. The number of carbonyl (C=O) groups excluding carboxylic acids is 1. The smallest absolute Gasteiger partial charge is 0.240 e. The molecule has 0 saturated carbocycles. The van der Waals surface area contributed by atoms with Crippen molar-refractivity contribution in [1.82, 2.24) is 5.43 Å². The van der Waals surface area contributed by atoms with E-state index in [1.807, 2.05) is 0 Å². The van der Waals surface area contributed by atoms with Crippen molar-refractivity contribution in [2.45, 2.75) is 45.4 Å². The van der Waals surface area contributed by atoms with E-state index in [-0.39, 0.29) is 11.7 Å². The van der Waals surface area contributed by atoms with E-state index in [9.17, 15) is 9.90 Å². The number of nitrogens with zero attached hydrogens (tertiary/aromatic N) is 1. The molecule has 0 atom stereocenters. The molecule has 0 fully saturated rings. The molecule has 0 aliphatic heterocycles. The van der Waals surface area contributed by atoms with Gasteiger partial charge in [-0.3, -0.25) is 4.79 Å². The van der Waals surface area contributed by atoms with Crippen LogP contribution in [0.25, 0.3) is 0 Å². The number of carbonyl (C=O) groups is 1. The quantitative estimate of drug-likeness (QED) is 0.429. The van der Waals surface area contributed by atoms with Gasteiger partial charge >= 0.3 is 0 Å². The summed E-state index contributed by atoms with van der Waals surface area (Å²) >= 11 is 0. The SMILES string of the molecule is CCCCCCCC(=O)NN=Cc1cccc(O)c1. The van der Waals surface area contributed by atoms with Crippen molar-refractivity contribution in [3.05, 3.63) is 29.8 Å². The molecular formula is C15H22N2O2. The Morgan fingerprint density at radius 2 is 2.11 bits per heavy atom. The first-order valence-electron chi connectivity index (χ1n) is 6.83. The molecule has 1 aromatic rings. The maximum atomic E-state index is 11.5. The Hall–Kier alpha value is -1.84. The van der Waals surface area contributed by atoms with E-state index < -0.39 is 0 Å². The molecule has 0 saturated heterocycles. The molecule has 1 rings (SSSR count). The van der Waals surface area contributed by atoms with Gasteiger partial charge in [-0.1, -0.05) is 44.7 Å². The molecule has 0 spiro atoms. The van der Waals surface area contributed by atoms with Crippen molar-refractivity contribution in [2.24, 2.45) is 5.10 Å². The zero-order valence-electron chi connectivity index (χ0n) is 11.4. The van der Waals surface area contributed by atoms with Gasteiger partial charge in [0.15, 0.2) is 0 Å². The Balaban J connectivity index is 2.19. The summed E-state index contributed by atoms with van der Waals surface area (Å²) in [6, 6.07) is 6.71. The van der Waals surface area contributed by atoms with Gasteiger partial charge in [-0.05, 0) is 24.1 Å². The molecule has 19 heavy (non-hydrogen) atoms. The average Bonchev–Trinajstić information content (AvgIpc) is 2.38. The first-order valence-corrected chi connectivity index (χ1v) is 6.83. The summed E-state index contributed by atoms with van der Waals surface area (Å²) in [6.45, 7) is 2.17. The van der Waals surface area contributed by atoms with E-state index in [0.717, 1.165) is 18.4 Å². The highest BCUT2D eigenvalue weighted by molar-refractivity contribution is 5.82. The maximum Gasteiger partial charge on any atom is 0.240 e. The van der Waals surface area contributed by atoms with E-state index in [1.165, 1.54) is 25.5 Å². The fourth-order valence-electron chi connectivity index (χ4n) is 1.73. The third-order valence-corrected chi connectivity index (χ3v) is 2.78. The normalized spacial score (nSPS) is 10.8. The molecule has 0 heterocycles. The van der Waals surface area contributed by atoms with Crippen LogP contribution in [0.3, 0.4) is 0 Å². The molecule has 0 unspecified atom stereocenters. The summed E-state index contributed by atoms with van der Waals surface area (Å²) in [4.78, 5) is 11.5. The molecule has 4 nitrogen and oxygen atoms in total. The Kier molecular flexibility index (Phi) is 7.32. The molecule has 4 heteroatoms. The van der Waals surface area contributed by atoms with Crippen molar-refractivity contribution in [1.29, 1.82) is 0 Å². The number of unbranched alkanes of at least 4 members (excludes halogenated alkanes) is 4. The van der Waals surface area contributed by atoms with E-state index >= 15 is 0 Å². The summed E-state index contributed by atoms with van der Waals surface area (Å²) in [7, 11) is 0. The standard InChI is InChI=1S/C15H22N2O2/c1-2-3-4-5-6-10-15(19)17-16-12-13-8-7-9-14(18)11-13/h7-9,11-12,18H,2-6,10H2,1H3,(H,17,19). The zero-order chi connectivity index (χ0) is 13.9. The highest BCUT2D eigenvalue weighted by atomic mass is 16.3. The van der Waals surface area contributed by atoms with Crippen molar-refractivity contribution < 1.29 is 9.90 Å². The first-order chi connectivity index (χ1) is 9.22. The van der Waals surface area contributed by atoms with Gasteiger partial charge in [0.25, 0.3) is 0 Å². The molecule has 0 aliphatic carbocycles. The van der Waals surface area contributed by atoms with Crippen LogP contribution in [0, 0.1) is 0 Å². The second-order valence-corrected chi connectivity index (χ2v) is 4.55. The Morgan fingerprint density at radius 1 is 1.32 bits per heavy atom. The predicted octanol–water partition coefficient (Wildman–Crippen LogP) is 3.20. The number of aromatic hydroxyl groups is 1. The zero-order valence-corrected chi connectivity index (χ0v) is 11.4. The monoisotopic (exact) mass is 262 g/mol. The van der Waals surface area contributed by atoms with Gasteiger partial charge in [0.05, 0.1) is 6.21 Å². The Morgan fingerprint density at radius 3 is 2.84 bits per heavy atom. The predicted molar refractivity (Wildman–Crippen MR) is 77.2 cm³/mol. The van der Waals surface area contributed by atoms with Crippen molar-refractivity contribution in [2.75, 3.05) is 0 Å². The van der Waals surface area contributed by atoms with Crippen LogP contribution in [-0.2, 0) is 4.79 Å². The molecule has 1 amide bonds. The Bertz CT molecular complexity index is 416. The van der Waals surface area contributed by atoms with Crippen LogP contribution in [0.5, 0.6) is 5.75 Å². The lowest BCUT2D eigenvalue weighted by molar-refractivity contribution is -0.121. The second kappa shape index (κ2) is 9.14. The van der Waals surface area contributed by atoms with Crippen LogP contribution in [0.2, 0.25) is 0 Å². The number of benzene rings is 1. The average molecular weight is 262 g/mol. The number of hydrogen-bond donors (Lipinski definition) is 2. The molecule has 0 aromatic heterocycles. The maximum absolute atomic E-state index is 11.5. The van der Waals surface area contributed by atoms with Crippen LogP contribution in [0.1, 0.15) is 51.0 Å². The summed E-state index contributed by atoms with van der Waals surface area (Å²) in [5, 5.41) is 13.1. The Labute approximate surface area is 114 Å². The number of hydrazone groups is 1.